The zero-order valence-corrected chi connectivity index (χ0v) is 5.09. The van der Waals surface area contributed by atoms with Crippen molar-refractivity contribution in [3.8, 4) is 0 Å². The quantitative estimate of drug-likeness (QED) is 0.511. The van der Waals surface area contributed by atoms with Crippen LogP contribution in [-0.2, 0) is 35.9 Å². The van der Waals surface area contributed by atoms with E-state index in [0.717, 1.165) is 0 Å². The van der Waals surface area contributed by atoms with E-state index in [1.54, 1.807) is 0 Å². The Morgan fingerprint density at radius 1 is 0.500 bits per heavy atom. The van der Waals surface area contributed by atoms with Gasteiger partial charge in [0, 0.05) is 0 Å². The standard InChI is InChI=1S/7O.Tc. The van der Waals surface area contributed by atoms with Gasteiger partial charge in [0.05, 0.1) is 0 Å². The molecule has 0 atom stereocenters. The van der Waals surface area contributed by atoms with Gasteiger partial charge in [-0.3, -0.25) is 0 Å². The summed E-state index contributed by atoms with van der Waals surface area (Å²) in [6.07, 6.45) is 0. The SMILES string of the molecule is [O]=[Tc](=[O])(=[O])(=[O])(=[O])(=[O])=[O]. The van der Waals surface area contributed by atoms with Crippen LogP contribution in [0.2, 0.25) is 0 Å². The van der Waals surface area contributed by atoms with Gasteiger partial charge in [0.2, 0.25) is 0 Å². The predicted molar refractivity (Wildman–Crippen MR) is 4.81 cm³/mol. The van der Waals surface area contributed by atoms with Gasteiger partial charge in [0.1, 0.15) is 0 Å². The monoisotopic (exact) mass is 209 g/mol. The molecule has 0 spiro atoms. The molecule has 0 saturated heterocycles. The molecule has 0 aliphatic heterocycles. The van der Waals surface area contributed by atoms with E-state index in [1.807, 2.05) is 0 Å². The van der Waals surface area contributed by atoms with E-state index in [9.17, 15) is 0 Å². The minimum absolute atomic E-state index is 8.67. The number of hydrogen-bond acceptors (Lipinski definition) is 7. The van der Waals surface area contributed by atoms with Gasteiger partial charge >= 0.3 is 35.9 Å². The molecule has 0 aliphatic rings. The Morgan fingerprint density at radius 2 is 0.500 bits per heavy atom. The fourth-order valence-corrected chi connectivity index (χ4v) is 0. The first-order valence-corrected chi connectivity index (χ1v) is 6.39. The minimum atomic E-state index is -11.4. The Hall–Kier alpha value is -0.751. The molecule has 0 bridgehead atoms. The summed E-state index contributed by atoms with van der Waals surface area (Å²) in [5.74, 6) is 0. The third kappa shape index (κ3) is 168. The normalized spacial score (nSPS) is 20.1. The van der Waals surface area contributed by atoms with Crippen LogP contribution in [0.1, 0.15) is 0 Å². The summed E-state index contributed by atoms with van der Waals surface area (Å²) in [6, 6.07) is 0. The molecule has 0 heterocycles. The van der Waals surface area contributed by atoms with E-state index in [0.29, 0.717) is 0 Å². The van der Waals surface area contributed by atoms with Gasteiger partial charge in [-0.1, -0.05) is 0 Å². The van der Waals surface area contributed by atoms with E-state index < -0.39 is 11.4 Å². The second kappa shape index (κ2) is 0.420. The maximum atomic E-state index is 8.67. The van der Waals surface area contributed by atoms with Crippen molar-refractivity contribution in [2.24, 2.45) is 0 Å². The van der Waals surface area contributed by atoms with Crippen molar-refractivity contribution in [2.45, 2.75) is 0 Å². The van der Waals surface area contributed by atoms with Crippen LogP contribution in [-0.4, -0.2) is 0 Å². The summed E-state index contributed by atoms with van der Waals surface area (Å²) in [7, 11) is 0. The average Bonchev–Trinajstić information content (AvgIpc) is 0.544. The van der Waals surface area contributed by atoms with E-state index in [2.05, 4.69) is 0 Å². The Bertz CT molecular complexity index is 632. The van der Waals surface area contributed by atoms with E-state index in [-0.39, 0.29) is 0 Å². The summed E-state index contributed by atoms with van der Waals surface area (Å²) in [5, 5.41) is 0. The zero-order valence-electron chi connectivity index (χ0n) is 3.24. The van der Waals surface area contributed by atoms with Gasteiger partial charge in [0.15, 0.2) is 0 Å². The molecule has 0 aromatic carbocycles. The van der Waals surface area contributed by atoms with Crippen molar-refractivity contribution < 1.29 is 35.9 Å². The van der Waals surface area contributed by atoms with Crippen LogP contribution in [0.5, 0.6) is 0 Å². The van der Waals surface area contributed by atoms with E-state index in [1.165, 1.54) is 0 Å². The molecule has 0 aliphatic carbocycles. The Balaban J connectivity index is 10.3. The molecule has 0 unspecified atom stereocenters. The van der Waals surface area contributed by atoms with Crippen molar-refractivity contribution in [1.82, 2.24) is 0 Å². The molecule has 0 fully saturated rings. The van der Waals surface area contributed by atoms with Crippen molar-refractivity contribution in [1.29, 1.82) is 0 Å². The number of hydrogen-bond donors (Lipinski definition) is 0. The van der Waals surface area contributed by atoms with Crippen LogP contribution in [0.15, 0.2) is 0 Å². The topological polar surface area (TPSA) is 119 Å². The summed E-state index contributed by atoms with van der Waals surface area (Å²) >= 11 is -11.4. The average molecular weight is 210 g/mol. The van der Waals surface area contributed by atoms with Crippen LogP contribution in [0, 0.1) is 0 Å². The molecule has 0 rings (SSSR count). The third-order valence-corrected chi connectivity index (χ3v) is 0. The Kier molecular flexibility index (Phi) is 0.381. The first-order chi connectivity index (χ1) is 2.65. The maximum absolute atomic E-state index is 11.4. The van der Waals surface area contributed by atoms with Crippen LogP contribution in [0.3, 0.4) is 0 Å². The first kappa shape index (κ1) is 7.25. The van der Waals surface area contributed by atoms with E-state index in [4.69, 9.17) is 24.5 Å². The van der Waals surface area contributed by atoms with Gasteiger partial charge in [-0.25, -0.2) is 0 Å². The molecule has 8 heavy (non-hydrogen) atoms. The molecule has 49 valence electrons. The summed E-state index contributed by atoms with van der Waals surface area (Å²) in [4.78, 5) is 0. The molecule has 0 aromatic heterocycles. The molecule has 0 radical (unpaired) electrons. The van der Waals surface area contributed by atoms with Crippen molar-refractivity contribution in [3.05, 3.63) is 0 Å². The first-order valence-electron chi connectivity index (χ1n) is 1.08. The fraction of sp³-hybridized carbons (Fsp3) is 0. The molecule has 7 nitrogen and oxygen atoms in total. The molecule has 8 heteroatoms. The Morgan fingerprint density at radius 3 is 0.500 bits per heavy atom. The van der Waals surface area contributed by atoms with Crippen molar-refractivity contribution >= 4 is 0 Å². The Labute approximate surface area is 36.7 Å². The predicted octanol–water partition coefficient (Wildman–Crippen LogP) is -0.834. The van der Waals surface area contributed by atoms with Crippen LogP contribution >= 0.6 is 0 Å². The molecule has 0 amide bonds. The fourth-order valence-electron chi connectivity index (χ4n) is 0. The second-order valence-electron chi connectivity index (χ2n) is 1.32. The third-order valence-electron chi connectivity index (χ3n) is 0. The molecule has 0 aromatic rings. The summed E-state index contributed by atoms with van der Waals surface area (Å²) in [5.41, 5.74) is 0. The van der Waals surface area contributed by atoms with E-state index >= 15 is 0 Å². The van der Waals surface area contributed by atoms with Crippen molar-refractivity contribution in [2.75, 3.05) is 0 Å². The second-order valence-corrected chi connectivity index (χ2v) is 7.83. The van der Waals surface area contributed by atoms with Gasteiger partial charge in [-0.15, -0.1) is 0 Å². The van der Waals surface area contributed by atoms with Crippen molar-refractivity contribution in [3.63, 3.8) is 0 Å². The van der Waals surface area contributed by atoms with Crippen LogP contribution in [0.25, 0.3) is 0 Å². The molecule has 0 saturated carbocycles. The van der Waals surface area contributed by atoms with Gasteiger partial charge in [-0.05, 0) is 0 Å². The van der Waals surface area contributed by atoms with Gasteiger partial charge in [-0.2, -0.15) is 0 Å². The van der Waals surface area contributed by atoms with Gasteiger partial charge < -0.3 is 0 Å². The molecular weight excluding hydrogens is 210 g/mol. The van der Waals surface area contributed by atoms with Gasteiger partial charge in [0.25, 0.3) is 0 Å². The summed E-state index contributed by atoms with van der Waals surface area (Å²) in [6.45, 7) is 0. The summed E-state index contributed by atoms with van der Waals surface area (Å²) < 4.78 is 60.7. The van der Waals surface area contributed by atoms with Crippen LogP contribution < -0.4 is 0 Å². The zero-order chi connectivity index (χ0) is 7.38. The van der Waals surface area contributed by atoms with Crippen LogP contribution in [0.4, 0.5) is 0 Å². The number of rotatable bonds is 0. The molecular formula is O7Tc. The molecule has 0 N–H and O–H groups in total.